The summed E-state index contributed by atoms with van der Waals surface area (Å²) < 4.78 is 0. The first-order valence-electron chi connectivity index (χ1n) is 4.29. The molecule has 2 rings (SSSR count). The Hall–Kier alpha value is 0.117. The highest BCUT2D eigenvalue weighted by atomic mass is 35.6. The van der Waals surface area contributed by atoms with Gasteiger partial charge in [0.05, 0.1) is 0 Å². The van der Waals surface area contributed by atoms with Crippen LogP contribution < -0.4 is 0 Å². The minimum atomic E-state index is -0.635. The van der Waals surface area contributed by atoms with Gasteiger partial charge in [0.1, 0.15) is 7.72 Å². The molecule has 60 valence electrons. The van der Waals surface area contributed by atoms with Gasteiger partial charge in [0.2, 0.25) is 0 Å². The van der Waals surface area contributed by atoms with Crippen molar-refractivity contribution >= 4 is 24.5 Å². The highest BCUT2D eigenvalue weighted by Gasteiger charge is 2.35. The molecule has 1 saturated carbocycles. The molecule has 11 heavy (non-hydrogen) atoms. The van der Waals surface area contributed by atoms with E-state index in [9.17, 15) is 0 Å². The van der Waals surface area contributed by atoms with E-state index >= 15 is 0 Å². The first-order chi connectivity index (χ1) is 5.27. The topological polar surface area (TPSA) is 0 Å². The van der Waals surface area contributed by atoms with Crippen LogP contribution in [0.15, 0.2) is 12.2 Å². The molecule has 0 radical (unpaired) electrons. The largest absolute Gasteiger partial charge is 0.140 e. The standard InChI is InChI=1S/C9H13ClSi/c1-11(10)6-9-7-2-3-8(9)5-4-7/h2-3,6-9H,4-5H2,1H3. The fraction of sp³-hybridized carbons (Fsp3) is 0.667. The average Bonchev–Trinajstić information content (AvgIpc) is 2.48. The van der Waals surface area contributed by atoms with Gasteiger partial charge < -0.3 is 0 Å². The number of fused-ring (bicyclic) bond motifs is 2. The highest BCUT2D eigenvalue weighted by molar-refractivity contribution is 7.08. The van der Waals surface area contributed by atoms with Crippen molar-refractivity contribution in [2.45, 2.75) is 19.4 Å². The summed E-state index contributed by atoms with van der Waals surface area (Å²) in [7, 11) is -0.635. The Morgan fingerprint density at radius 1 is 1.36 bits per heavy atom. The third kappa shape index (κ3) is 1.36. The smallest absolute Gasteiger partial charge is 0.117 e. The molecule has 0 N–H and O–H groups in total. The first-order valence-corrected chi connectivity index (χ1v) is 7.38. The second kappa shape index (κ2) is 2.87. The zero-order chi connectivity index (χ0) is 7.84. The van der Waals surface area contributed by atoms with Gasteiger partial charge in [-0.25, -0.2) is 0 Å². The second-order valence-electron chi connectivity index (χ2n) is 3.62. The number of halogens is 1. The van der Waals surface area contributed by atoms with Gasteiger partial charge in [-0.3, -0.25) is 0 Å². The Labute approximate surface area is 74.2 Å². The fourth-order valence-corrected chi connectivity index (χ4v) is 3.80. The molecule has 0 aromatic rings. The van der Waals surface area contributed by atoms with Crippen LogP contribution >= 0.6 is 11.1 Å². The summed E-state index contributed by atoms with van der Waals surface area (Å²) in [6.07, 6.45) is 7.57. The summed E-state index contributed by atoms with van der Waals surface area (Å²) in [5, 5.41) is 0. The van der Waals surface area contributed by atoms with Crippen LogP contribution in [0.4, 0.5) is 0 Å². The Morgan fingerprint density at radius 3 is 2.27 bits per heavy atom. The second-order valence-corrected chi connectivity index (χ2v) is 6.92. The van der Waals surface area contributed by atoms with Gasteiger partial charge in [-0.1, -0.05) is 17.8 Å². The van der Waals surface area contributed by atoms with Crippen molar-refractivity contribution < 1.29 is 0 Å². The summed E-state index contributed by atoms with van der Waals surface area (Å²) in [6, 6.07) is 0. The van der Waals surface area contributed by atoms with Crippen LogP contribution in [-0.4, -0.2) is 13.4 Å². The Balaban J connectivity index is 2.14. The first kappa shape index (κ1) is 7.75. The molecule has 2 aliphatic carbocycles. The van der Waals surface area contributed by atoms with Gasteiger partial charge in [0.25, 0.3) is 0 Å². The van der Waals surface area contributed by atoms with Crippen LogP contribution in [0.25, 0.3) is 0 Å². The average molecular weight is 185 g/mol. The van der Waals surface area contributed by atoms with Gasteiger partial charge in [-0.05, 0) is 37.1 Å². The van der Waals surface area contributed by atoms with Crippen molar-refractivity contribution in [3.63, 3.8) is 0 Å². The number of rotatable bonds is 1. The molecule has 0 nitrogen and oxygen atoms in total. The van der Waals surface area contributed by atoms with E-state index in [1.807, 2.05) is 0 Å². The number of allylic oxidation sites excluding steroid dienone is 2. The SMILES string of the molecule is C[Si](Cl)=CC1C2C=CC1CC2. The maximum absolute atomic E-state index is 6.03. The minimum Gasteiger partial charge on any atom is -0.140 e. The van der Waals surface area contributed by atoms with E-state index in [1.165, 1.54) is 12.8 Å². The van der Waals surface area contributed by atoms with Crippen molar-refractivity contribution in [3.05, 3.63) is 12.2 Å². The van der Waals surface area contributed by atoms with Crippen molar-refractivity contribution in [2.24, 2.45) is 17.8 Å². The monoisotopic (exact) mass is 184 g/mol. The van der Waals surface area contributed by atoms with E-state index < -0.39 is 7.72 Å². The molecule has 2 unspecified atom stereocenters. The van der Waals surface area contributed by atoms with Crippen molar-refractivity contribution in [1.82, 2.24) is 0 Å². The molecule has 0 aromatic heterocycles. The van der Waals surface area contributed by atoms with E-state index in [0.717, 1.165) is 17.8 Å². The lowest BCUT2D eigenvalue weighted by Gasteiger charge is -2.09. The van der Waals surface area contributed by atoms with E-state index in [-0.39, 0.29) is 0 Å². The summed E-state index contributed by atoms with van der Waals surface area (Å²) in [5.74, 6) is 2.50. The van der Waals surface area contributed by atoms with Gasteiger partial charge in [-0.2, -0.15) is 0 Å². The number of hydrogen-bond acceptors (Lipinski definition) is 0. The minimum absolute atomic E-state index is 0.635. The van der Waals surface area contributed by atoms with Crippen molar-refractivity contribution in [3.8, 4) is 0 Å². The fourth-order valence-electron chi connectivity index (χ4n) is 2.33. The molecule has 2 aliphatic rings. The third-order valence-corrected chi connectivity index (χ3v) is 4.07. The van der Waals surface area contributed by atoms with Gasteiger partial charge >= 0.3 is 0 Å². The van der Waals surface area contributed by atoms with Crippen LogP contribution in [0, 0.1) is 17.8 Å². The number of hydrogen-bond donors (Lipinski definition) is 0. The van der Waals surface area contributed by atoms with E-state index in [4.69, 9.17) is 11.1 Å². The molecule has 2 atom stereocenters. The molecular weight excluding hydrogens is 172 g/mol. The summed E-state index contributed by atoms with van der Waals surface area (Å²) in [4.78, 5) is 0. The maximum atomic E-state index is 6.03. The molecule has 2 heteroatoms. The Kier molecular flexibility index (Phi) is 2.02. The maximum Gasteiger partial charge on any atom is 0.117 e. The molecule has 0 aliphatic heterocycles. The van der Waals surface area contributed by atoms with Crippen molar-refractivity contribution in [1.29, 1.82) is 0 Å². The van der Waals surface area contributed by atoms with E-state index in [1.54, 1.807) is 0 Å². The van der Waals surface area contributed by atoms with Crippen LogP contribution in [0.2, 0.25) is 6.55 Å². The van der Waals surface area contributed by atoms with E-state index in [2.05, 4.69) is 24.4 Å². The van der Waals surface area contributed by atoms with Crippen molar-refractivity contribution in [2.75, 3.05) is 0 Å². The quantitative estimate of drug-likeness (QED) is 0.334. The summed E-state index contributed by atoms with van der Waals surface area (Å²) in [6.45, 7) is 2.16. The predicted octanol–water partition coefficient (Wildman–Crippen LogP) is 2.44. The van der Waals surface area contributed by atoms with Crippen LogP contribution in [-0.2, 0) is 0 Å². The summed E-state index contributed by atoms with van der Waals surface area (Å²) >= 11 is 6.03. The molecule has 1 fully saturated rings. The normalized spacial score (nSPS) is 42.0. The lowest BCUT2D eigenvalue weighted by Crippen LogP contribution is -2.12. The highest BCUT2D eigenvalue weighted by Crippen LogP contribution is 2.43. The zero-order valence-electron chi connectivity index (χ0n) is 6.76. The predicted molar refractivity (Wildman–Crippen MR) is 52.4 cm³/mol. The molecule has 2 bridgehead atoms. The zero-order valence-corrected chi connectivity index (χ0v) is 8.51. The van der Waals surface area contributed by atoms with Gasteiger partial charge in [0, 0.05) is 0 Å². The lowest BCUT2D eigenvalue weighted by molar-refractivity contribution is 0.582. The van der Waals surface area contributed by atoms with Gasteiger partial charge in [-0.15, -0.1) is 11.1 Å². The van der Waals surface area contributed by atoms with Gasteiger partial charge in [0.15, 0.2) is 0 Å². The Morgan fingerprint density at radius 2 is 1.91 bits per heavy atom. The molecular formula is C9H13ClSi. The summed E-state index contributed by atoms with van der Waals surface area (Å²) in [5.41, 5.74) is 2.41. The molecule has 0 amide bonds. The van der Waals surface area contributed by atoms with Crippen LogP contribution in [0.3, 0.4) is 0 Å². The third-order valence-electron chi connectivity index (χ3n) is 2.85. The molecule has 0 spiro atoms. The Bertz CT molecular complexity index is 202. The molecule has 0 aromatic carbocycles. The van der Waals surface area contributed by atoms with Crippen LogP contribution in [0.1, 0.15) is 12.8 Å². The lowest BCUT2D eigenvalue weighted by atomic mass is 9.99. The molecule has 0 saturated heterocycles. The molecule has 0 heterocycles. The van der Waals surface area contributed by atoms with Crippen LogP contribution in [0.5, 0.6) is 0 Å². The van der Waals surface area contributed by atoms with E-state index in [0.29, 0.717) is 0 Å².